The normalized spacial score (nSPS) is 14.0. The molecule has 5 nitrogen and oxygen atoms in total. The van der Waals surface area contributed by atoms with Crippen molar-refractivity contribution in [3.8, 4) is 27.5 Å². The van der Waals surface area contributed by atoms with Crippen molar-refractivity contribution in [3.63, 3.8) is 0 Å². The minimum absolute atomic E-state index is 0.0816. The summed E-state index contributed by atoms with van der Waals surface area (Å²) < 4.78 is 41.2. The summed E-state index contributed by atoms with van der Waals surface area (Å²) in [7, 11) is 0. The number of halogens is 3. The molecule has 44 heavy (non-hydrogen) atoms. The lowest BCUT2D eigenvalue weighted by atomic mass is 9.96. The molecule has 0 N–H and O–H groups in total. The van der Waals surface area contributed by atoms with Crippen LogP contribution in [0, 0.1) is 5.92 Å². The van der Waals surface area contributed by atoms with Gasteiger partial charge in [-0.25, -0.2) is 4.98 Å². The number of nitrogens with zero attached hydrogens (tertiary/aromatic N) is 3. The Morgan fingerprint density at radius 1 is 0.977 bits per heavy atom. The molecule has 3 heterocycles. The Bertz CT molecular complexity index is 1680. The van der Waals surface area contributed by atoms with Gasteiger partial charge in [0.25, 0.3) is 11.5 Å². The zero-order chi connectivity index (χ0) is 31.6. The molecule has 9 heteroatoms. The van der Waals surface area contributed by atoms with Gasteiger partial charge in [0.05, 0.1) is 28.1 Å². The van der Waals surface area contributed by atoms with Crippen LogP contribution in [0.15, 0.2) is 58.7 Å². The topological polar surface area (TPSA) is 55.2 Å². The van der Waals surface area contributed by atoms with Gasteiger partial charge >= 0.3 is 6.18 Å². The Hall–Kier alpha value is -3.72. The van der Waals surface area contributed by atoms with Crippen molar-refractivity contribution >= 4 is 17.2 Å². The van der Waals surface area contributed by atoms with Crippen LogP contribution in [-0.4, -0.2) is 33.4 Å². The summed E-state index contributed by atoms with van der Waals surface area (Å²) in [4.78, 5) is 35.5. The van der Waals surface area contributed by atoms with Gasteiger partial charge in [-0.2, -0.15) is 13.2 Å². The van der Waals surface area contributed by atoms with Gasteiger partial charge in [0.15, 0.2) is 0 Å². The number of carbonyl (C=O) groups excluding carboxylic acids is 1. The average molecular weight is 622 g/mol. The molecule has 232 valence electrons. The summed E-state index contributed by atoms with van der Waals surface area (Å²) in [5.74, 6) is 0.103. The van der Waals surface area contributed by atoms with Crippen molar-refractivity contribution in [1.29, 1.82) is 0 Å². The van der Waals surface area contributed by atoms with Crippen molar-refractivity contribution in [3.05, 3.63) is 92.2 Å². The fourth-order valence-corrected chi connectivity index (χ4v) is 6.78. The van der Waals surface area contributed by atoms with Crippen LogP contribution in [0.3, 0.4) is 0 Å². The monoisotopic (exact) mass is 621 g/mol. The summed E-state index contributed by atoms with van der Waals surface area (Å²) in [6.07, 6.45) is 0.511. The number of likely N-dealkylation sites (tertiary alicyclic amines) is 1. The van der Waals surface area contributed by atoms with Crippen molar-refractivity contribution in [1.82, 2.24) is 14.5 Å². The number of hydrogen-bond donors (Lipinski definition) is 0. The SMILES string of the molecule is CCc1cccc(CC)c1-n1c(CC(C)C)c(C(=O)N2CCCCC2)cc(-c2nc(-c3ccc(C(F)(F)F)cc3)cs2)c1=O. The van der Waals surface area contributed by atoms with E-state index in [-0.39, 0.29) is 17.4 Å². The maximum absolute atomic E-state index is 14.6. The maximum atomic E-state index is 14.6. The Morgan fingerprint density at radius 3 is 2.18 bits per heavy atom. The number of pyridine rings is 1. The van der Waals surface area contributed by atoms with Gasteiger partial charge < -0.3 is 4.90 Å². The number of amides is 1. The van der Waals surface area contributed by atoms with Crippen LogP contribution in [0.25, 0.3) is 27.5 Å². The van der Waals surface area contributed by atoms with Gasteiger partial charge in [0.2, 0.25) is 0 Å². The summed E-state index contributed by atoms with van der Waals surface area (Å²) in [5.41, 5.74) is 4.41. The Balaban J connectivity index is 1.75. The minimum Gasteiger partial charge on any atom is -0.339 e. The van der Waals surface area contributed by atoms with Crippen molar-refractivity contribution < 1.29 is 18.0 Å². The molecule has 0 aliphatic carbocycles. The van der Waals surface area contributed by atoms with E-state index >= 15 is 0 Å². The van der Waals surface area contributed by atoms with E-state index < -0.39 is 11.7 Å². The molecule has 1 saturated heterocycles. The molecule has 1 amide bonds. The molecule has 1 fully saturated rings. The zero-order valence-corrected chi connectivity index (χ0v) is 26.4. The van der Waals surface area contributed by atoms with E-state index in [4.69, 9.17) is 4.98 Å². The lowest BCUT2D eigenvalue weighted by Gasteiger charge is -2.29. The van der Waals surface area contributed by atoms with Crippen LogP contribution >= 0.6 is 11.3 Å². The van der Waals surface area contributed by atoms with Gasteiger partial charge in [-0.15, -0.1) is 11.3 Å². The van der Waals surface area contributed by atoms with Crippen molar-refractivity contribution in [2.75, 3.05) is 13.1 Å². The first-order valence-corrected chi connectivity index (χ1v) is 16.2. The number of hydrogen-bond acceptors (Lipinski definition) is 4. The van der Waals surface area contributed by atoms with E-state index in [9.17, 15) is 22.8 Å². The van der Waals surface area contributed by atoms with Crippen LogP contribution in [0.5, 0.6) is 0 Å². The maximum Gasteiger partial charge on any atom is 0.416 e. The summed E-state index contributed by atoms with van der Waals surface area (Å²) >= 11 is 1.25. The first kappa shape index (κ1) is 31.7. The van der Waals surface area contributed by atoms with E-state index in [2.05, 4.69) is 27.7 Å². The average Bonchev–Trinajstić information content (AvgIpc) is 3.51. The second kappa shape index (κ2) is 13.1. The summed E-state index contributed by atoms with van der Waals surface area (Å²) in [5, 5.41) is 2.17. The predicted molar refractivity (Wildman–Crippen MR) is 171 cm³/mol. The number of piperidine rings is 1. The third-order valence-electron chi connectivity index (χ3n) is 8.21. The highest BCUT2D eigenvalue weighted by Crippen LogP contribution is 2.34. The number of aromatic nitrogens is 2. The molecule has 2 aromatic heterocycles. The summed E-state index contributed by atoms with van der Waals surface area (Å²) in [6.45, 7) is 9.65. The number of aryl methyl sites for hydroxylation is 2. The van der Waals surface area contributed by atoms with Crippen LogP contribution in [-0.2, 0) is 25.4 Å². The molecular weight excluding hydrogens is 583 g/mol. The number of carbonyl (C=O) groups is 1. The molecule has 0 spiro atoms. The highest BCUT2D eigenvalue weighted by Gasteiger charge is 2.31. The second-order valence-electron chi connectivity index (χ2n) is 11.8. The van der Waals surface area contributed by atoms with Gasteiger partial charge in [-0.1, -0.05) is 58.0 Å². The van der Waals surface area contributed by atoms with Crippen LogP contribution in [0.1, 0.15) is 79.7 Å². The molecule has 4 aromatic rings. The fourth-order valence-electron chi connectivity index (χ4n) is 5.95. The van der Waals surface area contributed by atoms with Crippen molar-refractivity contribution in [2.24, 2.45) is 5.92 Å². The lowest BCUT2D eigenvalue weighted by molar-refractivity contribution is -0.137. The van der Waals surface area contributed by atoms with E-state index in [0.717, 1.165) is 48.2 Å². The van der Waals surface area contributed by atoms with Gasteiger partial charge in [0.1, 0.15) is 5.01 Å². The molecule has 0 bridgehead atoms. The first-order valence-electron chi connectivity index (χ1n) is 15.4. The molecule has 0 saturated carbocycles. The largest absolute Gasteiger partial charge is 0.416 e. The molecular formula is C35H38F3N3O2S. The van der Waals surface area contributed by atoms with E-state index in [0.29, 0.717) is 65.4 Å². The second-order valence-corrected chi connectivity index (χ2v) is 12.6. The molecule has 1 aliphatic heterocycles. The molecule has 0 unspecified atom stereocenters. The highest BCUT2D eigenvalue weighted by atomic mass is 32.1. The number of benzene rings is 2. The number of alkyl halides is 3. The minimum atomic E-state index is -4.43. The summed E-state index contributed by atoms with van der Waals surface area (Å²) in [6, 6.07) is 12.6. The molecule has 5 rings (SSSR count). The van der Waals surface area contributed by atoms with Crippen LogP contribution in [0.2, 0.25) is 0 Å². The number of thiazole rings is 1. The van der Waals surface area contributed by atoms with Crippen LogP contribution < -0.4 is 5.56 Å². The lowest BCUT2D eigenvalue weighted by Crippen LogP contribution is -2.38. The van der Waals surface area contributed by atoms with Gasteiger partial charge in [-0.3, -0.25) is 14.2 Å². The van der Waals surface area contributed by atoms with E-state index in [1.54, 1.807) is 16.0 Å². The first-order chi connectivity index (χ1) is 21.0. The Kier molecular flexibility index (Phi) is 9.44. The molecule has 2 aromatic carbocycles. The smallest absolute Gasteiger partial charge is 0.339 e. The fraction of sp³-hybridized carbons (Fsp3) is 0.400. The van der Waals surface area contributed by atoms with Crippen molar-refractivity contribution in [2.45, 2.75) is 72.4 Å². The molecule has 0 atom stereocenters. The van der Waals surface area contributed by atoms with Crippen LogP contribution in [0.4, 0.5) is 13.2 Å². The highest BCUT2D eigenvalue weighted by molar-refractivity contribution is 7.13. The van der Waals surface area contributed by atoms with Gasteiger partial charge in [0, 0.05) is 29.7 Å². The standard InChI is InChI=1S/C35H38F3N3O2S/c1-5-23-11-10-12-24(6-2)31(23)41-30(19-22(3)4)27(33(42)40-17-8-7-9-18-40)20-28(34(41)43)32-39-29(21-44-32)25-13-15-26(16-14-25)35(36,37)38/h10-16,20-22H,5-9,17-19H2,1-4H3. The van der Waals surface area contributed by atoms with Gasteiger partial charge in [-0.05, 0) is 73.8 Å². The van der Waals surface area contributed by atoms with E-state index in [1.807, 2.05) is 23.1 Å². The zero-order valence-electron chi connectivity index (χ0n) is 25.6. The third-order valence-corrected chi connectivity index (χ3v) is 9.08. The molecule has 0 radical (unpaired) electrons. The quantitative estimate of drug-likeness (QED) is 0.198. The third kappa shape index (κ3) is 6.39. The Labute approximate surface area is 260 Å². The predicted octanol–water partition coefficient (Wildman–Crippen LogP) is 8.60. The van der Waals surface area contributed by atoms with E-state index in [1.165, 1.54) is 23.5 Å². The number of rotatable bonds is 8. The molecule has 1 aliphatic rings. The number of para-hydroxylation sites is 1. The Morgan fingerprint density at radius 2 is 1.61 bits per heavy atom.